The molecule has 1 saturated carbocycles. The summed E-state index contributed by atoms with van der Waals surface area (Å²) in [7, 11) is 0. The van der Waals surface area contributed by atoms with E-state index < -0.39 is 23.8 Å². The number of nitrogens with zero attached hydrogens (tertiary/aromatic N) is 1. The topological polar surface area (TPSA) is 99.4 Å². The van der Waals surface area contributed by atoms with E-state index in [0.717, 1.165) is 37.0 Å². The van der Waals surface area contributed by atoms with Crippen LogP contribution in [0.2, 0.25) is 0 Å². The average Bonchev–Trinajstić information content (AvgIpc) is 3.05. The first-order valence-corrected chi connectivity index (χ1v) is 12.6. The normalized spacial score (nSPS) is 22.8. The number of oxime groups is 1. The molecule has 1 aromatic rings. The third-order valence-corrected chi connectivity index (χ3v) is 6.44. The van der Waals surface area contributed by atoms with Crippen molar-refractivity contribution in [2.24, 2.45) is 17.0 Å². The molecular formula is C27H42FNO5. The number of aryl methyl sites for hydroxylation is 1. The molecule has 0 radical (unpaired) electrons. The molecule has 4 unspecified atom stereocenters. The van der Waals surface area contributed by atoms with Gasteiger partial charge in [0.2, 0.25) is 0 Å². The summed E-state index contributed by atoms with van der Waals surface area (Å²) in [5.41, 5.74) is 1.31. The summed E-state index contributed by atoms with van der Waals surface area (Å²) in [5.74, 6) is -0.934. The minimum absolute atomic E-state index is 0.0418. The summed E-state index contributed by atoms with van der Waals surface area (Å²) in [6.45, 7) is 5.80. The lowest BCUT2D eigenvalue weighted by molar-refractivity contribution is -0.137. The van der Waals surface area contributed by atoms with Gasteiger partial charge in [0.1, 0.15) is 11.4 Å². The molecule has 34 heavy (non-hydrogen) atoms. The van der Waals surface area contributed by atoms with Crippen molar-refractivity contribution in [3.63, 3.8) is 0 Å². The predicted molar refractivity (Wildman–Crippen MR) is 131 cm³/mol. The molecule has 1 aliphatic rings. The summed E-state index contributed by atoms with van der Waals surface area (Å²) in [4.78, 5) is 16.3. The second-order valence-electron chi connectivity index (χ2n) is 10.6. The number of aliphatic carboxylic acids is 1. The Balaban J connectivity index is 1.92. The van der Waals surface area contributed by atoms with Gasteiger partial charge in [-0.15, -0.1) is 0 Å². The monoisotopic (exact) mass is 479 g/mol. The fourth-order valence-electron chi connectivity index (χ4n) is 4.66. The first kappa shape index (κ1) is 28.2. The van der Waals surface area contributed by atoms with Crippen molar-refractivity contribution >= 4 is 11.7 Å². The van der Waals surface area contributed by atoms with Gasteiger partial charge in [-0.05, 0) is 82.9 Å². The number of carboxylic acids is 1. The van der Waals surface area contributed by atoms with Crippen LogP contribution in [0, 0.1) is 17.7 Å². The molecule has 0 aromatic heterocycles. The number of benzene rings is 1. The number of halogens is 1. The first-order valence-electron chi connectivity index (χ1n) is 12.6. The van der Waals surface area contributed by atoms with Gasteiger partial charge < -0.3 is 20.2 Å². The molecule has 0 aliphatic heterocycles. The van der Waals surface area contributed by atoms with E-state index in [-0.39, 0.29) is 24.1 Å². The largest absolute Gasteiger partial charge is 0.481 e. The lowest BCUT2D eigenvalue weighted by atomic mass is 9.84. The van der Waals surface area contributed by atoms with Gasteiger partial charge in [-0.25, -0.2) is 4.39 Å². The smallest absolute Gasteiger partial charge is 0.303 e. The minimum Gasteiger partial charge on any atom is -0.481 e. The Bertz CT molecular complexity index is 791. The maximum absolute atomic E-state index is 13.4. The van der Waals surface area contributed by atoms with E-state index in [1.807, 2.05) is 26.8 Å². The van der Waals surface area contributed by atoms with Gasteiger partial charge in [-0.3, -0.25) is 4.79 Å². The van der Waals surface area contributed by atoms with Crippen LogP contribution in [0.5, 0.6) is 0 Å². The van der Waals surface area contributed by atoms with Crippen LogP contribution in [0.4, 0.5) is 4.39 Å². The van der Waals surface area contributed by atoms with Crippen LogP contribution in [-0.2, 0) is 16.1 Å². The molecule has 0 spiro atoms. The SMILES string of the molecule is CC(C)(C)O/N=C1/CC(O)C(CCCCCCC(=O)O)C1CCC(O)CCc1cccc(F)c1. The molecule has 1 aliphatic carbocycles. The first-order chi connectivity index (χ1) is 16.0. The van der Waals surface area contributed by atoms with Gasteiger partial charge >= 0.3 is 5.97 Å². The minimum atomic E-state index is -0.762. The van der Waals surface area contributed by atoms with Crippen LogP contribution in [-0.4, -0.2) is 44.8 Å². The molecule has 6 nitrogen and oxygen atoms in total. The maximum Gasteiger partial charge on any atom is 0.303 e. The third-order valence-electron chi connectivity index (χ3n) is 6.44. The number of aliphatic hydroxyl groups is 2. The highest BCUT2D eigenvalue weighted by Crippen LogP contribution is 2.38. The lowest BCUT2D eigenvalue weighted by Gasteiger charge is -2.24. The van der Waals surface area contributed by atoms with Gasteiger partial charge in [0.15, 0.2) is 0 Å². The van der Waals surface area contributed by atoms with E-state index in [2.05, 4.69) is 5.16 Å². The van der Waals surface area contributed by atoms with Crippen molar-refractivity contribution in [3.05, 3.63) is 35.6 Å². The van der Waals surface area contributed by atoms with Crippen LogP contribution < -0.4 is 0 Å². The summed E-state index contributed by atoms with van der Waals surface area (Å²) in [6.07, 6.45) is 6.37. The number of hydrogen-bond acceptors (Lipinski definition) is 5. The van der Waals surface area contributed by atoms with Crippen molar-refractivity contribution in [2.45, 2.75) is 109 Å². The van der Waals surface area contributed by atoms with Gasteiger partial charge in [0.25, 0.3) is 0 Å². The van der Waals surface area contributed by atoms with E-state index in [1.54, 1.807) is 6.07 Å². The predicted octanol–water partition coefficient (Wildman–Crippen LogP) is 5.49. The summed E-state index contributed by atoms with van der Waals surface area (Å²) < 4.78 is 13.4. The molecule has 192 valence electrons. The highest BCUT2D eigenvalue weighted by molar-refractivity contribution is 5.89. The van der Waals surface area contributed by atoms with Crippen LogP contribution in [0.25, 0.3) is 0 Å². The number of aliphatic hydroxyl groups excluding tert-OH is 2. The number of hydrogen-bond donors (Lipinski definition) is 3. The molecule has 1 fully saturated rings. The maximum atomic E-state index is 13.4. The van der Waals surface area contributed by atoms with E-state index >= 15 is 0 Å². The number of rotatable bonds is 14. The Morgan fingerprint density at radius 1 is 1.18 bits per heavy atom. The van der Waals surface area contributed by atoms with E-state index in [4.69, 9.17) is 9.94 Å². The Kier molecular flexibility index (Phi) is 11.5. The van der Waals surface area contributed by atoms with Crippen LogP contribution >= 0.6 is 0 Å². The number of carboxylic acid groups (broad SMARTS) is 1. The van der Waals surface area contributed by atoms with Gasteiger partial charge in [-0.1, -0.05) is 36.6 Å². The zero-order valence-corrected chi connectivity index (χ0v) is 20.9. The standard InChI is InChI=1S/C27H42FNO5/c1-27(2,3)34-29-24-18-25(31)23(11-6-4-5-7-12-26(32)33)22(24)16-15-21(30)14-13-19-9-8-10-20(28)17-19/h8-10,17,21-23,25,30-31H,4-7,11-16,18H2,1-3H3,(H,32,33)/b29-24-. The van der Waals surface area contributed by atoms with E-state index in [9.17, 15) is 19.4 Å². The van der Waals surface area contributed by atoms with Crippen LogP contribution in [0.3, 0.4) is 0 Å². The van der Waals surface area contributed by atoms with Crippen molar-refractivity contribution < 1.29 is 29.3 Å². The number of unbranched alkanes of at least 4 members (excludes halogenated alkanes) is 3. The zero-order valence-electron chi connectivity index (χ0n) is 20.9. The summed E-state index contributed by atoms with van der Waals surface area (Å²) in [6, 6.07) is 6.46. The second kappa shape index (κ2) is 13.8. The molecule has 0 amide bonds. The van der Waals surface area contributed by atoms with E-state index in [0.29, 0.717) is 38.5 Å². The molecule has 0 heterocycles. The molecule has 4 atom stereocenters. The highest BCUT2D eigenvalue weighted by Gasteiger charge is 2.40. The molecule has 3 N–H and O–H groups in total. The molecular weight excluding hydrogens is 437 g/mol. The fraction of sp³-hybridized carbons (Fsp3) is 0.704. The Hall–Kier alpha value is -1.99. The molecule has 0 bridgehead atoms. The zero-order chi connectivity index (χ0) is 25.1. The quantitative estimate of drug-likeness (QED) is 0.242. The van der Waals surface area contributed by atoms with Gasteiger partial charge in [0.05, 0.1) is 17.9 Å². The highest BCUT2D eigenvalue weighted by atomic mass is 19.1. The summed E-state index contributed by atoms with van der Waals surface area (Å²) in [5, 5.41) is 34.5. The third kappa shape index (κ3) is 10.5. The molecule has 2 rings (SSSR count). The average molecular weight is 480 g/mol. The van der Waals surface area contributed by atoms with E-state index in [1.165, 1.54) is 12.1 Å². The van der Waals surface area contributed by atoms with Crippen LogP contribution in [0.15, 0.2) is 29.4 Å². The summed E-state index contributed by atoms with van der Waals surface area (Å²) >= 11 is 0. The molecule has 0 saturated heterocycles. The molecule has 1 aromatic carbocycles. The number of carbonyl (C=O) groups is 1. The Morgan fingerprint density at radius 2 is 1.91 bits per heavy atom. The Morgan fingerprint density at radius 3 is 2.59 bits per heavy atom. The van der Waals surface area contributed by atoms with Crippen molar-refractivity contribution in [1.29, 1.82) is 0 Å². The fourth-order valence-corrected chi connectivity index (χ4v) is 4.66. The second-order valence-corrected chi connectivity index (χ2v) is 10.6. The van der Waals surface area contributed by atoms with Crippen molar-refractivity contribution in [1.82, 2.24) is 0 Å². The van der Waals surface area contributed by atoms with Gasteiger partial charge in [-0.2, -0.15) is 0 Å². The Labute approximate surface area is 203 Å². The van der Waals surface area contributed by atoms with Crippen molar-refractivity contribution in [2.75, 3.05) is 0 Å². The van der Waals surface area contributed by atoms with Gasteiger partial charge in [0, 0.05) is 18.8 Å². The lowest BCUT2D eigenvalue weighted by Crippen LogP contribution is -2.23. The van der Waals surface area contributed by atoms with Crippen molar-refractivity contribution in [3.8, 4) is 0 Å². The van der Waals surface area contributed by atoms with Crippen LogP contribution in [0.1, 0.15) is 90.5 Å². The molecule has 7 heteroatoms.